The Morgan fingerprint density at radius 1 is 1.17 bits per heavy atom. The summed E-state index contributed by atoms with van der Waals surface area (Å²) in [6.07, 6.45) is 0.930. The molecule has 0 fully saturated rings. The van der Waals surface area contributed by atoms with E-state index in [4.69, 9.17) is 4.74 Å². The van der Waals surface area contributed by atoms with Crippen molar-refractivity contribution in [1.29, 1.82) is 0 Å². The van der Waals surface area contributed by atoms with E-state index < -0.39 is 11.7 Å². The maximum absolute atomic E-state index is 12.5. The number of aryl methyl sites for hydroxylation is 1. The molecule has 0 radical (unpaired) electrons. The average Bonchev–Trinajstić information content (AvgIpc) is 2.55. The summed E-state index contributed by atoms with van der Waals surface area (Å²) in [7, 11) is 0. The highest BCUT2D eigenvalue weighted by Gasteiger charge is 2.12. The Balaban J connectivity index is 1.91. The van der Waals surface area contributed by atoms with Crippen LogP contribution in [-0.4, -0.2) is 18.3 Å². The average molecular weight is 337 g/mol. The van der Waals surface area contributed by atoms with E-state index in [-0.39, 0.29) is 6.61 Å². The summed E-state index contributed by atoms with van der Waals surface area (Å²) in [6.45, 7) is 1.87. The first-order chi connectivity index (χ1) is 11.1. The molecule has 0 aromatic heterocycles. The van der Waals surface area contributed by atoms with Crippen molar-refractivity contribution >= 4 is 23.4 Å². The Kier molecular flexibility index (Phi) is 6.40. The third kappa shape index (κ3) is 5.56. The summed E-state index contributed by atoms with van der Waals surface area (Å²) in [5.74, 6) is -2.35. The van der Waals surface area contributed by atoms with Crippen LogP contribution in [0, 0.1) is 0 Å². The van der Waals surface area contributed by atoms with E-state index in [2.05, 4.69) is 12.2 Å². The normalized spacial score (nSPS) is 10.6. The van der Waals surface area contributed by atoms with Crippen molar-refractivity contribution < 1.29 is 18.3 Å². The number of benzene rings is 2. The molecule has 6 heteroatoms. The van der Waals surface area contributed by atoms with Gasteiger partial charge in [0.25, 0.3) is 11.7 Å². The van der Waals surface area contributed by atoms with Crippen LogP contribution in [0.2, 0.25) is 0 Å². The van der Waals surface area contributed by atoms with Crippen LogP contribution in [0.5, 0.6) is 5.75 Å². The van der Waals surface area contributed by atoms with E-state index >= 15 is 0 Å². The number of hydrogen-bond donors (Lipinski definition) is 1. The number of hydrogen-bond acceptors (Lipinski definition) is 3. The highest BCUT2D eigenvalue weighted by molar-refractivity contribution is 7.99. The maximum Gasteiger partial charge on any atom is 0.288 e. The van der Waals surface area contributed by atoms with E-state index in [1.807, 2.05) is 12.1 Å². The van der Waals surface area contributed by atoms with E-state index in [0.29, 0.717) is 28.1 Å². The lowest BCUT2D eigenvalue weighted by Crippen LogP contribution is -2.20. The van der Waals surface area contributed by atoms with Gasteiger partial charge >= 0.3 is 0 Å². The Morgan fingerprint density at radius 3 is 2.52 bits per heavy atom. The zero-order chi connectivity index (χ0) is 16.7. The van der Waals surface area contributed by atoms with Crippen molar-refractivity contribution in [2.45, 2.75) is 24.0 Å². The number of anilines is 1. The van der Waals surface area contributed by atoms with Gasteiger partial charge in [-0.1, -0.05) is 43.0 Å². The molecule has 122 valence electrons. The van der Waals surface area contributed by atoms with E-state index in [9.17, 15) is 13.6 Å². The molecule has 0 aliphatic carbocycles. The van der Waals surface area contributed by atoms with Gasteiger partial charge in [-0.3, -0.25) is 4.79 Å². The fourth-order valence-corrected chi connectivity index (χ4v) is 2.52. The monoisotopic (exact) mass is 337 g/mol. The van der Waals surface area contributed by atoms with Crippen LogP contribution in [0.1, 0.15) is 12.5 Å². The summed E-state index contributed by atoms with van der Waals surface area (Å²) >= 11 is 0.397. The Morgan fingerprint density at radius 2 is 1.87 bits per heavy atom. The van der Waals surface area contributed by atoms with Crippen LogP contribution in [0.4, 0.5) is 14.5 Å². The fraction of sp³-hybridized carbons (Fsp3) is 0.235. The van der Waals surface area contributed by atoms with Crippen LogP contribution >= 0.6 is 11.8 Å². The minimum absolute atomic E-state index is 0.181. The zero-order valence-electron chi connectivity index (χ0n) is 12.6. The number of alkyl halides is 2. The summed E-state index contributed by atoms with van der Waals surface area (Å²) in [5.41, 5.74) is 1.53. The quantitative estimate of drug-likeness (QED) is 0.752. The number of nitrogens with one attached hydrogen (secondary N) is 1. The lowest BCUT2D eigenvalue weighted by Gasteiger charge is -2.11. The van der Waals surface area contributed by atoms with Crippen molar-refractivity contribution in [3.05, 3.63) is 54.1 Å². The van der Waals surface area contributed by atoms with Gasteiger partial charge in [0.2, 0.25) is 0 Å². The van der Waals surface area contributed by atoms with Crippen LogP contribution in [-0.2, 0) is 11.2 Å². The molecule has 2 aromatic rings. The molecule has 23 heavy (non-hydrogen) atoms. The Hall–Kier alpha value is -2.08. The molecule has 0 heterocycles. The van der Waals surface area contributed by atoms with Crippen LogP contribution in [0.15, 0.2) is 53.4 Å². The molecule has 0 aliphatic rings. The number of ether oxygens (including phenoxy) is 1. The minimum Gasteiger partial charge on any atom is -0.484 e. The predicted molar refractivity (Wildman–Crippen MR) is 88.2 cm³/mol. The first-order valence-electron chi connectivity index (χ1n) is 7.14. The molecule has 0 aliphatic heterocycles. The molecule has 0 saturated carbocycles. The van der Waals surface area contributed by atoms with Crippen molar-refractivity contribution in [1.82, 2.24) is 0 Å². The van der Waals surface area contributed by atoms with Crippen molar-refractivity contribution in [3.63, 3.8) is 0 Å². The third-order valence-electron chi connectivity index (χ3n) is 3.08. The Bertz CT molecular complexity index is 647. The second-order valence-corrected chi connectivity index (χ2v) is 5.74. The van der Waals surface area contributed by atoms with Crippen LogP contribution in [0.3, 0.4) is 0 Å². The standard InChI is InChI=1S/C17H17F2NO2S/c1-2-12-7-9-13(10-8-12)22-11-16(21)20-14-5-3-4-6-15(14)23-17(18)19/h3-10,17H,2,11H2,1H3,(H,20,21). The van der Waals surface area contributed by atoms with E-state index in [1.54, 1.807) is 30.3 Å². The SMILES string of the molecule is CCc1ccc(OCC(=O)Nc2ccccc2SC(F)F)cc1. The number of halogens is 2. The molecule has 1 N–H and O–H groups in total. The number of carbonyl (C=O) groups excluding carboxylic acids is 1. The predicted octanol–water partition coefficient (Wildman–Crippen LogP) is 4.58. The lowest BCUT2D eigenvalue weighted by molar-refractivity contribution is -0.118. The largest absolute Gasteiger partial charge is 0.484 e. The van der Waals surface area contributed by atoms with Crippen molar-refractivity contribution in [2.24, 2.45) is 0 Å². The van der Waals surface area contributed by atoms with Gasteiger partial charge in [-0.2, -0.15) is 8.78 Å². The number of amides is 1. The first kappa shape index (κ1) is 17.3. The molecule has 0 bridgehead atoms. The zero-order valence-corrected chi connectivity index (χ0v) is 13.4. The molecule has 2 rings (SSSR count). The molecular formula is C17H17F2NO2S. The second-order valence-electron chi connectivity index (χ2n) is 4.71. The minimum atomic E-state index is -2.54. The molecule has 0 saturated heterocycles. The van der Waals surface area contributed by atoms with Gasteiger partial charge in [0.05, 0.1) is 5.69 Å². The smallest absolute Gasteiger partial charge is 0.288 e. The highest BCUT2D eigenvalue weighted by Crippen LogP contribution is 2.31. The lowest BCUT2D eigenvalue weighted by atomic mass is 10.2. The van der Waals surface area contributed by atoms with Gasteiger partial charge in [-0.15, -0.1) is 0 Å². The van der Waals surface area contributed by atoms with Gasteiger partial charge in [0, 0.05) is 4.90 Å². The molecule has 3 nitrogen and oxygen atoms in total. The van der Waals surface area contributed by atoms with Gasteiger partial charge in [-0.05, 0) is 36.2 Å². The van der Waals surface area contributed by atoms with Gasteiger partial charge in [0.1, 0.15) is 5.75 Å². The molecule has 2 aromatic carbocycles. The van der Waals surface area contributed by atoms with Gasteiger partial charge in [-0.25, -0.2) is 0 Å². The van der Waals surface area contributed by atoms with E-state index in [1.165, 1.54) is 11.6 Å². The van der Waals surface area contributed by atoms with Crippen molar-refractivity contribution in [3.8, 4) is 5.75 Å². The van der Waals surface area contributed by atoms with E-state index in [0.717, 1.165) is 6.42 Å². The molecule has 0 atom stereocenters. The summed E-state index contributed by atoms with van der Waals surface area (Å²) < 4.78 is 30.4. The molecular weight excluding hydrogens is 320 g/mol. The van der Waals surface area contributed by atoms with Crippen LogP contribution < -0.4 is 10.1 Å². The summed E-state index contributed by atoms with van der Waals surface area (Å²) in [6, 6.07) is 13.9. The highest BCUT2D eigenvalue weighted by atomic mass is 32.2. The van der Waals surface area contributed by atoms with Crippen LogP contribution in [0.25, 0.3) is 0 Å². The topological polar surface area (TPSA) is 38.3 Å². The third-order valence-corrected chi connectivity index (χ3v) is 3.87. The summed E-state index contributed by atoms with van der Waals surface area (Å²) in [4.78, 5) is 12.2. The maximum atomic E-state index is 12.5. The second kappa shape index (κ2) is 8.53. The Labute approximate surface area is 138 Å². The van der Waals surface area contributed by atoms with Gasteiger partial charge < -0.3 is 10.1 Å². The fourth-order valence-electron chi connectivity index (χ4n) is 1.93. The molecule has 0 unspecified atom stereocenters. The van der Waals surface area contributed by atoms with Crippen molar-refractivity contribution in [2.75, 3.05) is 11.9 Å². The molecule has 1 amide bonds. The number of carbonyl (C=O) groups is 1. The number of thioether (sulfide) groups is 1. The number of para-hydroxylation sites is 1. The number of rotatable bonds is 7. The summed E-state index contributed by atoms with van der Waals surface area (Å²) in [5, 5.41) is 2.59. The van der Waals surface area contributed by atoms with Gasteiger partial charge in [0.15, 0.2) is 6.61 Å². The molecule has 0 spiro atoms. The first-order valence-corrected chi connectivity index (χ1v) is 8.02.